The lowest BCUT2D eigenvalue weighted by molar-refractivity contribution is -0.151. The average molecular weight is 647 g/mol. The molecule has 1 aromatic carbocycles. The van der Waals surface area contributed by atoms with E-state index in [0.717, 1.165) is 35.7 Å². The molecule has 5 heterocycles. The van der Waals surface area contributed by atoms with Crippen LogP contribution in [0.4, 0.5) is 19.1 Å². The van der Waals surface area contributed by atoms with Crippen LogP contribution in [0.2, 0.25) is 0 Å². The van der Waals surface area contributed by atoms with Crippen LogP contribution in [0.1, 0.15) is 60.0 Å². The maximum absolute atomic E-state index is 13.7. The van der Waals surface area contributed by atoms with Gasteiger partial charge in [0.05, 0.1) is 37.6 Å². The van der Waals surface area contributed by atoms with Crippen molar-refractivity contribution in [2.24, 2.45) is 5.92 Å². The van der Waals surface area contributed by atoms with Crippen molar-refractivity contribution in [2.75, 3.05) is 38.7 Å². The number of amides is 1. The molecule has 47 heavy (non-hydrogen) atoms. The number of methoxy groups -OCH3 is 1. The molecular weight excluding hydrogens is 613 g/mol. The molecule has 1 aliphatic carbocycles. The van der Waals surface area contributed by atoms with Crippen LogP contribution in [0, 0.1) is 5.92 Å². The van der Waals surface area contributed by atoms with Crippen molar-refractivity contribution in [3.63, 3.8) is 0 Å². The van der Waals surface area contributed by atoms with E-state index in [-0.39, 0.29) is 17.7 Å². The summed E-state index contributed by atoms with van der Waals surface area (Å²) < 4.78 is 51.8. The van der Waals surface area contributed by atoms with Crippen molar-refractivity contribution in [2.45, 2.75) is 50.2 Å². The zero-order valence-corrected chi connectivity index (χ0v) is 25.7. The number of ether oxygens (including phenoxy) is 2. The molecule has 0 bridgehead atoms. The Morgan fingerprint density at radius 2 is 1.68 bits per heavy atom. The summed E-state index contributed by atoms with van der Waals surface area (Å²) in [5.41, 5.74) is 3.10. The number of carbonyl (C=O) groups excluding carboxylic acids is 1. The van der Waals surface area contributed by atoms with Crippen molar-refractivity contribution in [1.82, 2.24) is 34.8 Å². The quantitative estimate of drug-likeness (QED) is 0.257. The second-order valence-corrected chi connectivity index (χ2v) is 12.1. The maximum Gasteiger partial charge on any atom is 0.433 e. The number of nitrogens with one attached hydrogen (secondary N) is 1. The highest BCUT2D eigenvalue weighted by molar-refractivity contribution is 5.80. The lowest BCUT2D eigenvalue weighted by Gasteiger charge is -2.37. The van der Waals surface area contributed by atoms with Gasteiger partial charge in [0.25, 0.3) is 0 Å². The first-order valence-electron chi connectivity index (χ1n) is 15.6. The number of carbonyl (C=O) groups is 1. The van der Waals surface area contributed by atoms with E-state index in [1.807, 2.05) is 17.0 Å². The summed E-state index contributed by atoms with van der Waals surface area (Å²) in [6.07, 6.45) is 1.70. The second-order valence-electron chi connectivity index (χ2n) is 12.1. The first-order chi connectivity index (χ1) is 22.8. The van der Waals surface area contributed by atoms with Crippen LogP contribution < -0.4 is 10.1 Å². The molecule has 11 nitrogen and oxygen atoms in total. The number of halogens is 3. The van der Waals surface area contributed by atoms with Gasteiger partial charge in [0.1, 0.15) is 23.9 Å². The predicted molar refractivity (Wildman–Crippen MR) is 164 cm³/mol. The number of pyridine rings is 1. The highest BCUT2D eigenvalue weighted by Crippen LogP contribution is 2.45. The molecule has 14 heteroatoms. The number of hydrogen-bond acceptors (Lipinski definition) is 10. The Morgan fingerprint density at radius 1 is 0.936 bits per heavy atom. The lowest BCUT2D eigenvalue weighted by Crippen LogP contribution is -2.47. The van der Waals surface area contributed by atoms with Crippen LogP contribution in [0.3, 0.4) is 0 Å². The monoisotopic (exact) mass is 646 g/mol. The van der Waals surface area contributed by atoms with Gasteiger partial charge in [0.15, 0.2) is 5.82 Å². The standard InChI is InChI=1S/C33H33F3N8O3/c1-46-30-26(28(22-6-7-22)38-17-40-30)29-39-18-41-32(43-29)37-14-19-2-4-21(5-3-19)27-24(8-9-25(42-27)33(34,35)36)20-10-12-44(13-11-20)31(45)23-15-47-16-23/h2-5,8-9,17-18,20,22-23H,6-7,10-16H2,1H3,(H,37,39,41,43). The summed E-state index contributed by atoms with van der Waals surface area (Å²) in [6, 6.07) is 9.85. The molecule has 2 saturated heterocycles. The number of hydrogen-bond donors (Lipinski definition) is 1. The number of alkyl halides is 3. The molecule has 1 N–H and O–H groups in total. The molecular formula is C33H33F3N8O3. The summed E-state index contributed by atoms with van der Waals surface area (Å²) in [5, 5.41) is 3.21. The second kappa shape index (κ2) is 12.8. The van der Waals surface area contributed by atoms with Gasteiger partial charge in [-0.25, -0.2) is 24.9 Å². The van der Waals surface area contributed by atoms with Gasteiger partial charge in [-0.3, -0.25) is 4.79 Å². The maximum atomic E-state index is 13.7. The normalized spacial score (nSPS) is 17.3. The molecule has 244 valence electrons. The third-order valence-corrected chi connectivity index (χ3v) is 8.92. The number of rotatable bonds is 9. The molecule has 0 atom stereocenters. The Hall–Kier alpha value is -4.72. The number of anilines is 1. The highest BCUT2D eigenvalue weighted by atomic mass is 19.4. The third kappa shape index (κ3) is 6.59. The number of benzene rings is 1. The van der Waals surface area contributed by atoms with E-state index < -0.39 is 11.9 Å². The van der Waals surface area contributed by atoms with Gasteiger partial charge >= 0.3 is 6.18 Å². The Morgan fingerprint density at radius 3 is 2.34 bits per heavy atom. The molecule has 1 saturated carbocycles. The van der Waals surface area contributed by atoms with E-state index in [4.69, 9.17) is 9.47 Å². The minimum atomic E-state index is -4.57. The number of aromatic nitrogens is 6. The van der Waals surface area contributed by atoms with Crippen molar-refractivity contribution >= 4 is 11.9 Å². The molecule has 0 radical (unpaired) electrons. The molecule has 7 rings (SSSR count). The summed E-state index contributed by atoms with van der Waals surface area (Å²) in [7, 11) is 1.54. The van der Waals surface area contributed by atoms with E-state index in [2.05, 4.69) is 35.2 Å². The van der Waals surface area contributed by atoms with Crippen molar-refractivity contribution in [3.05, 3.63) is 71.6 Å². The highest BCUT2D eigenvalue weighted by Gasteiger charge is 2.36. The lowest BCUT2D eigenvalue weighted by atomic mass is 9.86. The Kier molecular flexibility index (Phi) is 8.43. The molecule has 0 unspecified atom stereocenters. The number of likely N-dealkylation sites (tertiary alicyclic amines) is 1. The van der Waals surface area contributed by atoms with Crippen LogP contribution in [-0.4, -0.2) is 74.1 Å². The fourth-order valence-electron chi connectivity index (χ4n) is 6.11. The van der Waals surface area contributed by atoms with Crippen molar-refractivity contribution in [3.8, 4) is 28.5 Å². The SMILES string of the molecule is COc1ncnc(C2CC2)c1-c1ncnc(NCc2ccc(-c3nc(C(F)(F)F)ccc3C3CCN(C(=O)C4COC4)CC3)cc2)n1. The summed E-state index contributed by atoms with van der Waals surface area (Å²) in [4.78, 5) is 40.5. The predicted octanol–water partition coefficient (Wildman–Crippen LogP) is 5.26. The smallest absolute Gasteiger partial charge is 0.433 e. The Balaban J connectivity index is 1.08. The van der Waals surface area contributed by atoms with Crippen LogP contribution >= 0.6 is 0 Å². The van der Waals surface area contributed by atoms with Crippen LogP contribution in [-0.2, 0) is 22.3 Å². The van der Waals surface area contributed by atoms with E-state index in [1.165, 1.54) is 12.7 Å². The van der Waals surface area contributed by atoms with Crippen LogP contribution in [0.25, 0.3) is 22.6 Å². The van der Waals surface area contributed by atoms with Gasteiger partial charge in [0.2, 0.25) is 17.7 Å². The minimum Gasteiger partial charge on any atom is -0.480 e. The number of piperidine rings is 1. The Labute approximate surface area is 269 Å². The van der Waals surface area contributed by atoms with Gasteiger partial charge in [-0.15, -0.1) is 0 Å². The van der Waals surface area contributed by atoms with Gasteiger partial charge in [-0.05, 0) is 48.8 Å². The summed E-state index contributed by atoms with van der Waals surface area (Å²) >= 11 is 0. The average Bonchev–Trinajstić information content (AvgIpc) is 3.92. The largest absolute Gasteiger partial charge is 0.480 e. The van der Waals surface area contributed by atoms with Gasteiger partial charge in [-0.2, -0.15) is 18.2 Å². The van der Waals surface area contributed by atoms with Gasteiger partial charge in [0, 0.05) is 31.1 Å². The van der Waals surface area contributed by atoms with Crippen molar-refractivity contribution < 1.29 is 27.4 Å². The van der Waals surface area contributed by atoms with Crippen molar-refractivity contribution in [1.29, 1.82) is 0 Å². The van der Waals surface area contributed by atoms with E-state index in [1.54, 1.807) is 25.3 Å². The zero-order chi connectivity index (χ0) is 32.5. The topological polar surface area (TPSA) is 128 Å². The first kappa shape index (κ1) is 30.9. The van der Waals surface area contributed by atoms with E-state index in [0.29, 0.717) is 86.1 Å². The summed E-state index contributed by atoms with van der Waals surface area (Å²) in [5.74, 6) is 1.47. The first-order valence-corrected chi connectivity index (χ1v) is 15.6. The summed E-state index contributed by atoms with van der Waals surface area (Å²) in [6.45, 7) is 2.37. The van der Waals surface area contributed by atoms with E-state index in [9.17, 15) is 18.0 Å². The van der Waals surface area contributed by atoms with Gasteiger partial charge in [-0.1, -0.05) is 30.3 Å². The van der Waals surface area contributed by atoms with E-state index >= 15 is 0 Å². The molecule has 4 aromatic rings. The van der Waals surface area contributed by atoms with Crippen LogP contribution in [0.5, 0.6) is 5.88 Å². The minimum absolute atomic E-state index is 0.0186. The fourth-order valence-corrected chi connectivity index (χ4v) is 6.11. The van der Waals surface area contributed by atoms with Crippen LogP contribution in [0.15, 0.2) is 49.1 Å². The Bertz CT molecular complexity index is 1760. The molecule has 2 aliphatic heterocycles. The molecule has 3 aliphatic rings. The number of nitrogens with zero attached hydrogens (tertiary/aromatic N) is 7. The van der Waals surface area contributed by atoms with Gasteiger partial charge < -0.3 is 19.7 Å². The molecule has 1 amide bonds. The third-order valence-electron chi connectivity index (χ3n) is 8.92. The zero-order valence-electron chi connectivity index (χ0n) is 25.7. The molecule has 3 aromatic heterocycles. The molecule has 0 spiro atoms. The molecule has 3 fully saturated rings. The fraction of sp³-hybridized carbons (Fsp3) is 0.424.